The van der Waals surface area contributed by atoms with E-state index in [0.717, 1.165) is 36.4 Å². The molecule has 0 unspecified atom stereocenters. The molecule has 1 aromatic rings. The number of aliphatic hydroxyl groups is 1. The Hall–Kier alpha value is -0.450. The average Bonchev–Trinajstić information content (AvgIpc) is 2.67. The zero-order valence-electron chi connectivity index (χ0n) is 10.6. The number of aliphatic hydroxyl groups excluding tert-OH is 1. The van der Waals surface area contributed by atoms with E-state index in [1.165, 1.54) is 4.88 Å². The van der Waals surface area contributed by atoms with Crippen LogP contribution in [0.25, 0.3) is 0 Å². The van der Waals surface area contributed by atoms with Crippen LogP contribution in [0.5, 0.6) is 0 Å². The third kappa shape index (κ3) is 3.50. The van der Waals surface area contributed by atoms with Gasteiger partial charge in [0, 0.05) is 11.5 Å². The van der Waals surface area contributed by atoms with E-state index in [2.05, 4.69) is 11.9 Å². The highest BCUT2D eigenvalue weighted by molar-refractivity contribution is 7.11. The van der Waals surface area contributed by atoms with Gasteiger partial charge in [0.15, 0.2) is 0 Å². The van der Waals surface area contributed by atoms with Gasteiger partial charge in [-0.2, -0.15) is 0 Å². The fraction of sp³-hybridized carbons (Fsp3) is 0.769. The summed E-state index contributed by atoms with van der Waals surface area (Å²) in [4.78, 5) is 5.76. The van der Waals surface area contributed by atoms with Crippen molar-refractivity contribution in [1.29, 1.82) is 0 Å². The summed E-state index contributed by atoms with van der Waals surface area (Å²) in [7, 11) is 0. The normalized spacial score (nSPS) is 25.1. The molecule has 0 spiro atoms. The topological polar surface area (TPSA) is 42.4 Å². The maximum absolute atomic E-state index is 9.07. The van der Waals surface area contributed by atoms with Crippen LogP contribution in [-0.4, -0.2) is 22.8 Å². The Bertz CT molecular complexity index is 337. The Labute approximate surface area is 107 Å². The zero-order valence-corrected chi connectivity index (χ0v) is 11.4. The number of thiazole rings is 1. The number of hydrogen-bond acceptors (Lipinski definition) is 4. The molecule has 1 aromatic heterocycles. The molecule has 4 heteroatoms. The largest absolute Gasteiger partial charge is 0.396 e. The van der Waals surface area contributed by atoms with Gasteiger partial charge in [0.05, 0.1) is 18.4 Å². The molecule has 0 bridgehead atoms. The van der Waals surface area contributed by atoms with Crippen molar-refractivity contribution in [3.8, 4) is 0 Å². The third-order valence-electron chi connectivity index (χ3n) is 3.57. The molecular weight excluding hydrogens is 234 g/mol. The summed E-state index contributed by atoms with van der Waals surface area (Å²) in [6, 6.07) is 0. The molecule has 1 heterocycles. The maximum Gasteiger partial charge on any atom is 0.119 e. The average molecular weight is 255 g/mol. The maximum atomic E-state index is 9.07. The Morgan fingerprint density at radius 1 is 1.29 bits per heavy atom. The van der Waals surface area contributed by atoms with Crippen LogP contribution >= 0.6 is 11.3 Å². The van der Waals surface area contributed by atoms with Crippen LogP contribution in [0.4, 0.5) is 0 Å². The number of ether oxygens (including phenoxy) is 1. The van der Waals surface area contributed by atoms with E-state index < -0.39 is 0 Å². The van der Waals surface area contributed by atoms with Crippen LogP contribution in [0.15, 0.2) is 0 Å². The molecule has 0 saturated heterocycles. The lowest BCUT2D eigenvalue weighted by Crippen LogP contribution is -2.23. The van der Waals surface area contributed by atoms with Gasteiger partial charge < -0.3 is 9.84 Å². The van der Waals surface area contributed by atoms with Gasteiger partial charge in [0.2, 0.25) is 0 Å². The molecule has 0 aliphatic heterocycles. The standard InChI is InChI=1S/C13H21NO2S/c1-9-10(2)17-13(14-9)8-16-12-5-3-11(7-15)4-6-12/h11-12,15H,3-8H2,1-2H3. The van der Waals surface area contributed by atoms with Gasteiger partial charge in [-0.15, -0.1) is 11.3 Å². The molecule has 1 aliphatic carbocycles. The molecule has 2 rings (SSSR count). The quantitative estimate of drug-likeness (QED) is 0.899. The van der Waals surface area contributed by atoms with Crippen LogP contribution in [0.3, 0.4) is 0 Å². The summed E-state index contributed by atoms with van der Waals surface area (Å²) in [6.45, 7) is 5.12. The fourth-order valence-electron chi connectivity index (χ4n) is 2.27. The second-order valence-electron chi connectivity index (χ2n) is 4.89. The number of aromatic nitrogens is 1. The number of aryl methyl sites for hydroxylation is 2. The van der Waals surface area contributed by atoms with Gasteiger partial charge in [0.25, 0.3) is 0 Å². The molecule has 0 atom stereocenters. The first-order valence-corrected chi connectivity index (χ1v) is 7.16. The van der Waals surface area contributed by atoms with E-state index in [4.69, 9.17) is 9.84 Å². The zero-order chi connectivity index (χ0) is 12.3. The molecule has 0 radical (unpaired) electrons. The lowest BCUT2D eigenvalue weighted by atomic mass is 9.88. The van der Waals surface area contributed by atoms with E-state index in [1.807, 2.05) is 6.92 Å². The van der Waals surface area contributed by atoms with E-state index in [9.17, 15) is 0 Å². The summed E-state index contributed by atoms with van der Waals surface area (Å²) in [5.74, 6) is 0.499. The van der Waals surface area contributed by atoms with Crippen molar-refractivity contribution < 1.29 is 9.84 Å². The van der Waals surface area contributed by atoms with E-state index in [-0.39, 0.29) is 0 Å². The molecule has 17 heavy (non-hydrogen) atoms. The Morgan fingerprint density at radius 3 is 2.53 bits per heavy atom. The summed E-state index contributed by atoms with van der Waals surface area (Å²) < 4.78 is 5.90. The first-order valence-electron chi connectivity index (χ1n) is 6.34. The lowest BCUT2D eigenvalue weighted by Gasteiger charge is -2.27. The van der Waals surface area contributed by atoms with Crippen LogP contribution in [0.1, 0.15) is 41.3 Å². The summed E-state index contributed by atoms with van der Waals surface area (Å²) in [6.07, 6.45) is 4.71. The van der Waals surface area contributed by atoms with E-state index in [1.54, 1.807) is 11.3 Å². The van der Waals surface area contributed by atoms with Gasteiger partial charge in [0.1, 0.15) is 5.01 Å². The predicted molar refractivity (Wildman–Crippen MR) is 69.2 cm³/mol. The molecule has 3 nitrogen and oxygen atoms in total. The second-order valence-corrected chi connectivity index (χ2v) is 6.17. The smallest absolute Gasteiger partial charge is 0.119 e. The minimum Gasteiger partial charge on any atom is -0.396 e. The molecule has 1 saturated carbocycles. The minimum atomic E-state index is 0.331. The van der Waals surface area contributed by atoms with Gasteiger partial charge in [-0.3, -0.25) is 0 Å². The van der Waals surface area contributed by atoms with Crippen molar-refractivity contribution in [2.24, 2.45) is 5.92 Å². The van der Waals surface area contributed by atoms with Crippen molar-refractivity contribution >= 4 is 11.3 Å². The molecule has 0 amide bonds. The highest BCUT2D eigenvalue weighted by Crippen LogP contribution is 2.27. The SMILES string of the molecule is Cc1nc(COC2CCC(CO)CC2)sc1C. The van der Waals surface area contributed by atoms with Crippen molar-refractivity contribution in [3.05, 3.63) is 15.6 Å². The van der Waals surface area contributed by atoms with Crippen molar-refractivity contribution in [3.63, 3.8) is 0 Å². The monoisotopic (exact) mass is 255 g/mol. The number of hydrogen-bond donors (Lipinski definition) is 1. The van der Waals surface area contributed by atoms with Gasteiger partial charge in [-0.25, -0.2) is 4.98 Å². The highest BCUT2D eigenvalue weighted by Gasteiger charge is 2.21. The van der Waals surface area contributed by atoms with Gasteiger partial charge in [-0.05, 0) is 45.4 Å². The predicted octanol–water partition coefficient (Wildman–Crippen LogP) is 2.83. The van der Waals surface area contributed by atoms with E-state index >= 15 is 0 Å². The van der Waals surface area contributed by atoms with Crippen LogP contribution in [0.2, 0.25) is 0 Å². The van der Waals surface area contributed by atoms with Crippen molar-refractivity contribution in [2.45, 2.75) is 52.2 Å². The van der Waals surface area contributed by atoms with Crippen LogP contribution in [0, 0.1) is 19.8 Å². The number of nitrogens with zero attached hydrogens (tertiary/aromatic N) is 1. The Balaban J connectivity index is 1.75. The molecular formula is C13H21NO2S. The molecule has 1 fully saturated rings. The molecule has 0 aromatic carbocycles. The molecule has 1 N–H and O–H groups in total. The lowest BCUT2D eigenvalue weighted by molar-refractivity contribution is 0.00111. The molecule has 96 valence electrons. The van der Waals surface area contributed by atoms with Crippen LogP contribution < -0.4 is 0 Å². The third-order valence-corrected chi connectivity index (χ3v) is 4.61. The summed E-state index contributed by atoms with van der Waals surface area (Å²) in [5, 5.41) is 10.2. The summed E-state index contributed by atoms with van der Waals surface area (Å²) >= 11 is 1.73. The minimum absolute atomic E-state index is 0.331. The summed E-state index contributed by atoms with van der Waals surface area (Å²) in [5.41, 5.74) is 1.12. The van der Waals surface area contributed by atoms with Crippen molar-refractivity contribution in [1.82, 2.24) is 4.98 Å². The number of rotatable bonds is 4. The fourth-order valence-corrected chi connectivity index (χ4v) is 3.13. The molecule has 1 aliphatic rings. The van der Waals surface area contributed by atoms with Crippen LogP contribution in [-0.2, 0) is 11.3 Å². The highest BCUT2D eigenvalue weighted by atomic mass is 32.1. The Morgan fingerprint density at radius 2 is 2.00 bits per heavy atom. The first-order chi connectivity index (χ1) is 8.19. The van der Waals surface area contributed by atoms with Crippen molar-refractivity contribution in [2.75, 3.05) is 6.61 Å². The second kappa shape index (κ2) is 5.94. The van der Waals surface area contributed by atoms with Gasteiger partial charge in [-0.1, -0.05) is 0 Å². The Kier molecular flexibility index (Phi) is 4.54. The van der Waals surface area contributed by atoms with Gasteiger partial charge >= 0.3 is 0 Å². The van der Waals surface area contributed by atoms with E-state index in [0.29, 0.717) is 25.2 Å². The first kappa shape index (κ1) is 13.0.